The van der Waals surface area contributed by atoms with Gasteiger partial charge in [-0.25, -0.2) is 12.7 Å². The van der Waals surface area contributed by atoms with Crippen molar-refractivity contribution in [2.45, 2.75) is 32.9 Å². The van der Waals surface area contributed by atoms with Crippen LogP contribution in [-0.4, -0.2) is 45.2 Å². The first-order valence-electron chi connectivity index (χ1n) is 7.63. The lowest BCUT2D eigenvalue weighted by molar-refractivity contribution is 0.220. The highest BCUT2D eigenvalue weighted by Crippen LogP contribution is 2.21. The molecule has 0 aliphatic carbocycles. The monoisotopic (exact) mass is 326 g/mol. The van der Waals surface area contributed by atoms with Crippen molar-refractivity contribution in [3.8, 4) is 5.75 Å². The fraction of sp³-hybridized carbons (Fsp3) is 0.625. The number of aryl methyl sites for hydroxylation is 1. The number of benzene rings is 1. The third-order valence-electron chi connectivity index (χ3n) is 4.36. The predicted octanol–water partition coefficient (Wildman–Crippen LogP) is 1.76. The SMILES string of the molecule is COc1ccc(CNC2CCN(S(C)(=O)=O)CC2C)cc1C. The highest BCUT2D eigenvalue weighted by Gasteiger charge is 2.29. The van der Waals surface area contributed by atoms with Gasteiger partial charge in [-0.15, -0.1) is 0 Å². The first-order chi connectivity index (χ1) is 10.3. The van der Waals surface area contributed by atoms with Gasteiger partial charge in [0.25, 0.3) is 0 Å². The van der Waals surface area contributed by atoms with Crippen molar-refractivity contribution in [2.24, 2.45) is 5.92 Å². The Morgan fingerprint density at radius 3 is 2.68 bits per heavy atom. The van der Waals surface area contributed by atoms with Gasteiger partial charge in [-0.2, -0.15) is 0 Å². The normalized spacial score (nSPS) is 23.5. The maximum Gasteiger partial charge on any atom is 0.211 e. The van der Waals surface area contributed by atoms with E-state index in [1.165, 1.54) is 11.8 Å². The number of piperidine rings is 1. The van der Waals surface area contributed by atoms with Gasteiger partial charge in [-0.1, -0.05) is 19.1 Å². The van der Waals surface area contributed by atoms with Crippen LogP contribution in [0.3, 0.4) is 0 Å². The average molecular weight is 326 g/mol. The van der Waals surface area contributed by atoms with Crippen LogP contribution in [-0.2, 0) is 16.6 Å². The Labute approximate surface area is 133 Å². The second-order valence-electron chi connectivity index (χ2n) is 6.18. The maximum absolute atomic E-state index is 11.6. The topological polar surface area (TPSA) is 58.6 Å². The zero-order chi connectivity index (χ0) is 16.3. The van der Waals surface area contributed by atoms with Gasteiger partial charge < -0.3 is 10.1 Å². The second kappa shape index (κ2) is 6.98. The minimum absolute atomic E-state index is 0.308. The molecule has 124 valence electrons. The lowest BCUT2D eigenvalue weighted by Gasteiger charge is -2.36. The molecule has 1 aromatic rings. The van der Waals surface area contributed by atoms with E-state index in [4.69, 9.17) is 4.74 Å². The van der Waals surface area contributed by atoms with Crippen LogP contribution < -0.4 is 10.1 Å². The molecule has 0 saturated carbocycles. The van der Waals surface area contributed by atoms with E-state index in [1.807, 2.05) is 13.0 Å². The fourth-order valence-electron chi connectivity index (χ4n) is 3.01. The van der Waals surface area contributed by atoms with Gasteiger partial charge in [-0.3, -0.25) is 0 Å². The molecular formula is C16H26N2O3S. The molecular weight excluding hydrogens is 300 g/mol. The molecule has 2 unspecified atom stereocenters. The summed E-state index contributed by atoms with van der Waals surface area (Å²) in [6.45, 7) is 6.13. The van der Waals surface area contributed by atoms with Gasteiger partial charge in [-0.05, 0) is 36.5 Å². The zero-order valence-electron chi connectivity index (χ0n) is 13.8. The van der Waals surface area contributed by atoms with E-state index in [9.17, 15) is 8.42 Å². The largest absolute Gasteiger partial charge is 0.496 e. The van der Waals surface area contributed by atoms with E-state index in [-0.39, 0.29) is 0 Å². The van der Waals surface area contributed by atoms with E-state index < -0.39 is 10.0 Å². The molecule has 0 spiro atoms. The van der Waals surface area contributed by atoms with Crippen LogP contribution in [0.5, 0.6) is 5.75 Å². The quantitative estimate of drug-likeness (QED) is 0.896. The van der Waals surface area contributed by atoms with Crippen LogP contribution in [0.25, 0.3) is 0 Å². The summed E-state index contributed by atoms with van der Waals surface area (Å²) in [5.41, 5.74) is 2.35. The summed E-state index contributed by atoms with van der Waals surface area (Å²) in [5.74, 6) is 1.21. The molecule has 22 heavy (non-hydrogen) atoms. The van der Waals surface area contributed by atoms with Crippen LogP contribution in [0.4, 0.5) is 0 Å². The molecule has 0 radical (unpaired) electrons. The Hall–Kier alpha value is -1.11. The van der Waals surface area contributed by atoms with E-state index in [1.54, 1.807) is 11.4 Å². The van der Waals surface area contributed by atoms with Crippen LogP contribution >= 0.6 is 0 Å². The van der Waals surface area contributed by atoms with Gasteiger partial charge in [0, 0.05) is 25.7 Å². The van der Waals surface area contributed by atoms with Crippen molar-refractivity contribution in [3.05, 3.63) is 29.3 Å². The van der Waals surface area contributed by atoms with Crippen LogP contribution in [0, 0.1) is 12.8 Å². The molecule has 6 heteroatoms. The number of hydrogen-bond acceptors (Lipinski definition) is 4. The van der Waals surface area contributed by atoms with Gasteiger partial charge >= 0.3 is 0 Å². The van der Waals surface area contributed by atoms with Gasteiger partial charge in [0.2, 0.25) is 10.0 Å². The molecule has 5 nitrogen and oxygen atoms in total. The van der Waals surface area contributed by atoms with Crippen molar-refractivity contribution < 1.29 is 13.2 Å². The van der Waals surface area contributed by atoms with Crippen LogP contribution in [0.15, 0.2) is 18.2 Å². The van der Waals surface area contributed by atoms with Gasteiger partial charge in [0.05, 0.1) is 13.4 Å². The molecule has 0 amide bonds. The molecule has 1 aliphatic heterocycles. The lowest BCUT2D eigenvalue weighted by atomic mass is 9.95. The minimum atomic E-state index is -3.07. The summed E-state index contributed by atoms with van der Waals surface area (Å²) in [6.07, 6.45) is 2.14. The van der Waals surface area contributed by atoms with Crippen molar-refractivity contribution >= 4 is 10.0 Å². The highest BCUT2D eigenvalue weighted by molar-refractivity contribution is 7.88. The molecule has 1 heterocycles. The number of rotatable bonds is 5. The van der Waals surface area contributed by atoms with E-state index >= 15 is 0 Å². The molecule has 1 fully saturated rings. The summed E-state index contributed by atoms with van der Waals surface area (Å²) in [4.78, 5) is 0. The van der Waals surface area contributed by atoms with Crippen molar-refractivity contribution in [1.82, 2.24) is 9.62 Å². The number of ether oxygens (including phenoxy) is 1. The summed E-state index contributed by atoms with van der Waals surface area (Å²) in [7, 11) is -1.39. The second-order valence-corrected chi connectivity index (χ2v) is 8.16. The van der Waals surface area contributed by atoms with Crippen LogP contribution in [0.2, 0.25) is 0 Å². The minimum Gasteiger partial charge on any atom is -0.496 e. The molecule has 2 rings (SSSR count). The number of nitrogens with zero attached hydrogens (tertiary/aromatic N) is 1. The molecule has 1 aliphatic rings. The lowest BCUT2D eigenvalue weighted by Crippen LogP contribution is -2.49. The Morgan fingerprint density at radius 2 is 2.14 bits per heavy atom. The Bertz CT molecular complexity index is 616. The highest BCUT2D eigenvalue weighted by atomic mass is 32.2. The number of nitrogens with one attached hydrogen (secondary N) is 1. The number of methoxy groups -OCH3 is 1. The van der Waals surface area contributed by atoms with E-state index in [0.717, 1.165) is 24.3 Å². The third kappa shape index (κ3) is 4.21. The summed E-state index contributed by atoms with van der Waals surface area (Å²) < 4.78 is 30.1. The predicted molar refractivity (Wildman–Crippen MR) is 88.6 cm³/mol. The van der Waals surface area contributed by atoms with Crippen molar-refractivity contribution in [2.75, 3.05) is 26.5 Å². The van der Waals surface area contributed by atoms with E-state index in [0.29, 0.717) is 25.0 Å². The average Bonchev–Trinajstić information content (AvgIpc) is 2.45. The standard InChI is InChI=1S/C16H26N2O3S/c1-12-9-14(5-6-16(12)21-3)10-17-15-7-8-18(11-13(15)2)22(4,19)20/h5-6,9,13,15,17H,7-8,10-11H2,1-4H3. The number of sulfonamides is 1. The fourth-order valence-corrected chi connectivity index (χ4v) is 3.95. The molecule has 1 aromatic carbocycles. The first kappa shape index (κ1) is 17.2. The molecule has 1 N–H and O–H groups in total. The van der Waals surface area contributed by atoms with Crippen molar-refractivity contribution in [3.63, 3.8) is 0 Å². The van der Waals surface area contributed by atoms with E-state index in [2.05, 4.69) is 24.4 Å². The summed E-state index contributed by atoms with van der Waals surface area (Å²) in [5, 5.41) is 3.56. The Balaban J connectivity index is 1.91. The Kier molecular flexibility index (Phi) is 5.47. The maximum atomic E-state index is 11.6. The number of hydrogen-bond donors (Lipinski definition) is 1. The summed E-state index contributed by atoms with van der Waals surface area (Å²) >= 11 is 0. The Morgan fingerprint density at radius 1 is 1.41 bits per heavy atom. The van der Waals surface area contributed by atoms with Crippen LogP contribution in [0.1, 0.15) is 24.5 Å². The zero-order valence-corrected chi connectivity index (χ0v) is 14.6. The third-order valence-corrected chi connectivity index (χ3v) is 5.63. The van der Waals surface area contributed by atoms with Gasteiger partial charge in [0.15, 0.2) is 0 Å². The molecule has 0 bridgehead atoms. The molecule has 2 atom stereocenters. The first-order valence-corrected chi connectivity index (χ1v) is 9.48. The van der Waals surface area contributed by atoms with Crippen molar-refractivity contribution in [1.29, 1.82) is 0 Å². The molecule has 0 aromatic heterocycles. The smallest absolute Gasteiger partial charge is 0.211 e. The molecule has 1 saturated heterocycles. The van der Waals surface area contributed by atoms with Gasteiger partial charge in [0.1, 0.15) is 5.75 Å². The summed E-state index contributed by atoms with van der Waals surface area (Å²) in [6, 6.07) is 6.53.